The zero-order valence-corrected chi connectivity index (χ0v) is 10.7. The lowest BCUT2D eigenvalue weighted by Gasteiger charge is -2.21. The molecule has 0 spiro atoms. The minimum Gasteiger partial charge on any atom is -0.351 e. The summed E-state index contributed by atoms with van der Waals surface area (Å²) >= 11 is 0. The predicted octanol–water partition coefficient (Wildman–Crippen LogP) is 1.96. The van der Waals surface area contributed by atoms with Gasteiger partial charge in [0, 0.05) is 13.2 Å². The first kappa shape index (κ1) is 13.0. The van der Waals surface area contributed by atoms with Crippen molar-refractivity contribution in [3.63, 3.8) is 0 Å². The second-order valence-corrected chi connectivity index (χ2v) is 3.94. The van der Waals surface area contributed by atoms with E-state index in [4.69, 9.17) is 15.2 Å². The van der Waals surface area contributed by atoms with Gasteiger partial charge in [0.1, 0.15) is 11.9 Å². The van der Waals surface area contributed by atoms with Crippen molar-refractivity contribution in [2.45, 2.75) is 26.2 Å². The van der Waals surface area contributed by atoms with Crippen LogP contribution in [-0.2, 0) is 9.47 Å². The molecule has 18 heavy (non-hydrogen) atoms. The molecule has 2 rings (SSSR count). The molecule has 0 fully saturated rings. The van der Waals surface area contributed by atoms with Crippen LogP contribution in [0.5, 0.6) is 0 Å². The average Bonchev–Trinajstić information content (AvgIpc) is 2.81. The first-order chi connectivity index (χ1) is 8.76. The van der Waals surface area contributed by atoms with E-state index in [0.717, 1.165) is 11.0 Å². The van der Waals surface area contributed by atoms with Gasteiger partial charge in [-0.25, -0.2) is 4.98 Å². The van der Waals surface area contributed by atoms with Crippen molar-refractivity contribution < 1.29 is 9.47 Å². The zero-order valence-electron chi connectivity index (χ0n) is 10.7. The Morgan fingerprint density at radius 3 is 2.50 bits per heavy atom. The zero-order chi connectivity index (χ0) is 13.0. The number of H-pyrrole nitrogens is 1. The van der Waals surface area contributed by atoms with Crippen molar-refractivity contribution in [3.05, 3.63) is 30.1 Å². The van der Waals surface area contributed by atoms with Crippen LogP contribution in [0.2, 0.25) is 0 Å². The van der Waals surface area contributed by atoms with Crippen LogP contribution in [0.25, 0.3) is 11.0 Å². The van der Waals surface area contributed by atoms with E-state index in [1.54, 1.807) is 0 Å². The molecule has 1 atom stereocenters. The van der Waals surface area contributed by atoms with E-state index < -0.39 is 12.3 Å². The lowest BCUT2D eigenvalue weighted by atomic mass is 10.3. The number of imidazole rings is 1. The third-order valence-electron chi connectivity index (χ3n) is 2.68. The monoisotopic (exact) mass is 249 g/mol. The van der Waals surface area contributed by atoms with E-state index in [1.807, 2.05) is 38.1 Å². The van der Waals surface area contributed by atoms with Gasteiger partial charge in [-0.1, -0.05) is 12.1 Å². The molecule has 1 aromatic heterocycles. The summed E-state index contributed by atoms with van der Waals surface area (Å²) in [6, 6.07) is 7.39. The quantitative estimate of drug-likeness (QED) is 0.768. The predicted molar refractivity (Wildman–Crippen MR) is 70.1 cm³/mol. The van der Waals surface area contributed by atoms with Gasteiger partial charge in [0.05, 0.1) is 11.0 Å². The smallest absolute Gasteiger partial charge is 0.179 e. The molecule has 0 saturated carbocycles. The molecular formula is C13H19N3O2. The maximum absolute atomic E-state index is 6.13. The molecule has 1 aromatic carbocycles. The summed E-state index contributed by atoms with van der Waals surface area (Å²) in [5, 5.41) is 0. The number of rotatable bonds is 6. The van der Waals surface area contributed by atoms with Gasteiger partial charge in [-0.2, -0.15) is 0 Å². The molecule has 0 radical (unpaired) electrons. The minimum atomic E-state index is -0.472. The third-order valence-corrected chi connectivity index (χ3v) is 2.68. The van der Waals surface area contributed by atoms with Gasteiger partial charge in [0.25, 0.3) is 0 Å². The topological polar surface area (TPSA) is 73.2 Å². The van der Waals surface area contributed by atoms with E-state index in [-0.39, 0.29) is 0 Å². The van der Waals surface area contributed by atoms with E-state index in [0.29, 0.717) is 19.0 Å². The number of hydrogen-bond acceptors (Lipinski definition) is 4. The van der Waals surface area contributed by atoms with E-state index >= 15 is 0 Å². The summed E-state index contributed by atoms with van der Waals surface area (Å²) in [7, 11) is 0. The minimum absolute atomic E-state index is 0.419. The third kappa shape index (κ3) is 2.69. The highest BCUT2D eigenvalue weighted by Gasteiger charge is 2.23. The summed E-state index contributed by atoms with van der Waals surface area (Å²) in [5.41, 5.74) is 8.00. The molecule has 0 amide bonds. The highest BCUT2D eigenvalue weighted by Crippen LogP contribution is 2.19. The standard InChI is InChI=1S/C13H19N3O2/c1-3-17-13(18-4-2)11(14)12-15-9-7-5-6-8-10(9)16-12/h5-8,11,13H,3-4,14H2,1-2H3,(H,15,16). The number of benzene rings is 1. The van der Waals surface area contributed by atoms with Gasteiger partial charge in [0.15, 0.2) is 6.29 Å². The first-order valence-electron chi connectivity index (χ1n) is 6.19. The molecule has 98 valence electrons. The number of fused-ring (bicyclic) bond motifs is 1. The molecule has 5 heteroatoms. The molecule has 0 aliphatic heterocycles. The fraction of sp³-hybridized carbons (Fsp3) is 0.462. The van der Waals surface area contributed by atoms with Gasteiger partial charge in [-0.15, -0.1) is 0 Å². The van der Waals surface area contributed by atoms with Crippen molar-refractivity contribution in [2.24, 2.45) is 5.73 Å². The lowest BCUT2D eigenvalue weighted by Crippen LogP contribution is -2.32. The molecule has 5 nitrogen and oxygen atoms in total. The van der Waals surface area contributed by atoms with Crippen molar-refractivity contribution in [2.75, 3.05) is 13.2 Å². The van der Waals surface area contributed by atoms with Crippen LogP contribution in [0.1, 0.15) is 25.7 Å². The van der Waals surface area contributed by atoms with Crippen molar-refractivity contribution in [3.8, 4) is 0 Å². The van der Waals surface area contributed by atoms with Crippen molar-refractivity contribution >= 4 is 11.0 Å². The van der Waals surface area contributed by atoms with E-state index in [9.17, 15) is 0 Å². The Balaban J connectivity index is 2.22. The Labute approximate surface area is 106 Å². The van der Waals surface area contributed by atoms with Gasteiger partial charge >= 0.3 is 0 Å². The van der Waals surface area contributed by atoms with Crippen LogP contribution in [0.3, 0.4) is 0 Å². The summed E-state index contributed by atoms with van der Waals surface area (Å²) in [6.45, 7) is 4.94. The summed E-state index contributed by atoms with van der Waals surface area (Å²) in [5.74, 6) is 0.683. The van der Waals surface area contributed by atoms with Crippen LogP contribution < -0.4 is 5.73 Å². The highest BCUT2D eigenvalue weighted by atomic mass is 16.7. The molecule has 2 aromatic rings. The number of ether oxygens (including phenoxy) is 2. The number of hydrogen-bond donors (Lipinski definition) is 2. The normalized spacial score (nSPS) is 13.3. The Kier molecular flexibility index (Phi) is 4.30. The Morgan fingerprint density at radius 2 is 1.89 bits per heavy atom. The summed E-state index contributed by atoms with van der Waals surface area (Å²) in [6.07, 6.45) is -0.472. The molecule has 0 aliphatic rings. The average molecular weight is 249 g/mol. The number of aromatic amines is 1. The molecular weight excluding hydrogens is 230 g/mol. The van der Waals surface area contributed by atoms with Crippen LogP contribution in [0.4, 0.5) is 0 Å². The molecule has 1 heterocycles. The molecule has 3 N–H and O–H groups in total. The second-order valence-electron chi connectivity index (χ2n) is 3.94. The summed E-state index contributed by atoms with van der Waals surface area (Å²) < 4.78 is 11.0. The number of nitrogens with zero attached hydrogens (tertiary/aromatic N) is 1. The number of nitrogens with two attached hydrogens (primary N) is 1. The Hall–Kier alpha value is -1.43. The molecule has 0 saturated heterocycles. The SMILES string of the molecule is CCOC(OCC)C(N)c1nc2ccccc2[nH]1. The molecule has 0 bridgehead atoms. The molecule has 1 unspecified atom stereocenters. The van der Waals surface area contributed by atoms with Crippen LogP contribution in [-0.4, -0.2) is 29.5 Å². The van der Waals surface area contributed by atoms with Gasteiger partial charge < -0.3 is 20.2 Å². The first-order valence-corrected chi connectivity index (χ1v) is 6.19. The van der Waals surface area contributed by atoms with Gasteiger partial charge in [-0.05, 0) is 26.0 Å². The maximum Gasteiger partial charge on any atom is 0.179 e. The van der Waals surface area contributed by atoms with Crippen molar-refractivity contribution in [1.82, 2.24) is 9.97 Å². The Morgan fingerprint density at radius 1 is 1.22 bits per heavy atom. The highest BCUT2D eigenvalue weighted by molar-refractivity contribution is 5.74. The van der Waals surface area contributed by atoms with Crippen LogP contribution in [0.15, 0.2) is 24.3 Å². The van der Waals surface area contributed by atoms with Crippen molar-refractivity contribution in [1.29, 1.82) is 0 Å². The van der Waals surface area contributed by atoms with Crippen LogP contribution in [0, 0.1) is 0 Å². The number of aromatic nitrogens is 2. The van der Waals surface area contributed by atoms with Gasteiger partial charge in [-0.3, -0.25) is 0 Å². The number of para-hydroxylation sites is 2. The fourth-order valence-electron chi connectivity index (χ4n) is 1.84. The maximum atomic E-state index is 6.13. The lowest BCUT2D eigenvalue weighted by molar-refractivity contribution is -0.150. The van der Waals surface area contributed by atoms with E-state index in [2.05, 4.69) is 9.97 Å². The van der Waals surface area contributed by atoms with Gasteiger partial charge in [0.2, 0.25) is 0 Å². The van der Waals surface area contributed by atoms with Crippen LogP contribution >= 0.6 is 0 Å². The fourth-order valence-corrected chi connectivity index (χ4v) is 1.84. The largest absolute Gasteiger partial charge is 0.351 e. The van der Waals surface area contributed by atoms with E-state index in [1.165, 1.54) is 0 Å². The summed E-state index contributed by atoms with van der Waals surface area (Å²) in [4.78, 5) is 7.65. The Bertz CT molecular complexity index is 459. The molecule has 0 aliphatic carbocycles. The second kappa shape index (κ2) is 5.95. The number of nitrogens with one attached hydrogen (secondary N) is 1.